The molecular weight excluding hydrogens is 382 g/mol. The molecule has 1 unspecified atom stereocenters. The summed E-state index contributed by atoms with van der Waals surface area (Å²) in [7, 11) is 0. The number of carbonyl (C=O) groups is 1. The maximum Gasteiger partial charge on any atom is 0.308 e. The van der Waals surface area contributed by atoms with Crippen molar-refractivity contribution >= 4 is 5.97 Å². The van der Waals surface area contributed by atoms with Crippen molar-refractivity contribution in [2.45, 2.75) is 76.8 Å². The first-order valence-electron chi connectivity index (χ1n) is 12.4. The fourth-order valence-corrected chi connectivity index (χ4v) is 5.65. The molecule has 4 rings (SSSR count). The molecule has 0 aromatic heterocycles. The lowest BCUT2D eigenvalue weighted by Crippen LogP contribution is -2.56. The van der Waals surface area contributed by atoms with Gasteiger partial charge in [-0.3, -0.25) is 19.5 Å². The van der Waals surface area contributed by atoms with E-state index in [1.54, 1.807) is 0 Å². The second kappa shape index (κ2) is 11.2. The fourth-order valence-electron chi connectivity index (χ4n) is 5.65. The molecule has 0 radical (unpaired) electrons. The molecule has 0 aromatic carbocycles. The summed E-state index contributed by atoms with van der Waals surface area (Å²) >= 11 is 0. The Balaban J connectivity index is 1.29. The van der Waals surface area contributed by atoms with E-state index in [0.717, 1.165) is 78.2 Å². The lowest BCUT2D eigenvalue weighted by molar-refractivity contribution is -0.191. The summed E-state index contributed by atoms with van der Waals surface area (Å²) in [6.07, 6.45) is 9.12. The summed E-state index contributed by atoms with van der Waals surface area (Å²) in [6, 6.07) is 0.699. The van der Waals surface area contributed by atoms with E-state index in [1.165, 1.54) is 25.7 Å². The Kier molecular flexibility index (Phi) is 8.41. The molecule has 1 saturated carbocycles. The number of hydrogen-bond acceptors (Lipinski definition) is 7. The highest BCUT2D eigenvalue weighted by molar-refractivity contribution is 5.72. The molecule has 1 atom stereocenters. The van der Waals surface area contributed by atoms with Gasteiger partial charge in [0.1, 0.15) is 0 Å². The van der Waals surface area contributed by atoms with Gasteiger partial charge >= 0.3 is 5.97 Å². The Morgan fingerprint density at radius 3 is 2.17 bits per heavy atom. The van der Waals surface area contributed by atoms with Gasteiger partial charge in [0.05, 0.1) is 31.8 Å². The van der Waals surface area contributed by atoms with Gasteiger partial charge in [-0.1, -0.05) is 0 Å². The zero-order valence-corrected chi connectivity index (χ0v) is 18.8. The molecule has 172 valence electrons. The molecule has 3 aliphatic heterocycles. The second-order valence-corrected chi connectivity index (χ2v) is 9.35. The van der Waals surface area contributed by atoms with Gasteiger partial charge in [0.2, 0.25) is 0 Å². The highest BCUT2D eigenvalue weighted by Crippen LogP contribution is 2.31. The van der Waals surface area contributed by atoms with Crippen LogP contribution in [0.15, 0.2) is 0 Å². The van der Waals surface area contributed by atoms with Crippen LogP contribution in [0, 0.1) is 5.92 Å². The van der Waals surface area contributed by atoms with E-state index in [2.05, 4.69) is 14.7 Å². The first kappa shape index (κ1) is 22.5. The molecule has 0 spiro atoms. The molecule has 3 saturated heterocycles. The van der Waals surface area contributed by atoms with E-state index in [9.17, 15) is 4.79 Å². The SMILES string of the molecule is CCOC(=O)C1CCC(OC(N2CCCC2)N2CCC(N3CCOCC3)CC2)CC1. The zero-order chi connectivity index (χ0) is 20.8. The number of likely N-dealkylation sites (tertiary alicyclic amines) is 2. The minimum atomic E-state index is -0.0165. The molecular formula is C23H41N3O4. The number of nitrogens with zero attached hydrogens (tertiary/aromatic N) is 3. The molecule has 0 aromatic rings. The molecule has 4 aliphatic rings. The standard InChI is InChI=1S/C23H41N3O4/c1-2-29-22(27)19-5-7-21(8-6-19)30-23(25-11-3-4-12-25)26-13-9-20(10-14-26)24-15-17-28-18-16-24/h19-21,23H,2-18H2,1H3. The number of morpholine rings is 1. The fraction of sp³-hybridized carbons (Fsp3) is 0.957. The van der Waals surface area contributed by atoms with Crippen molar-refractivity contribution in [1.82, 2.24) is 14.7 Å². The molecule has 7 heteroatoms. The van der Waals surface area contributed by atoms with Gasteiger partial charge in [0.25, 0.3) is 0 Å². The monoisotopic (exact) mass is 423 g/mol. The van der Waals surface area contributed by atoms with Crippen molar-refractivity contribution in [3.8, 4) is 0 Å². The summed E-state index contributed by atoms with van der Waals surface area (Å²) in [5.41, 5.74) is 0. The maximum absolute atomic E-state index is 12.1. The number of rotatable bonds is 7. The van der Waals surface area contributed by atoms with Crippen molar-refractivity contribution in [3.63, 3.8) is 0 Å². The lowest BCUT2D eigenvalue weighted by Gasteiger charge is -2.45. The van der Waals surface area contributed by atoms with E-state index in [4.69, 9.17) is 14.2 Å². The Hall–Kier alpha value is -0.730. The first-order chi connectivity index (χ1) is 14.7. The molecule has 30 heavy (non-hydrogen) atoms. The van der Waals surface area contributed by atoms with Crippen LogP contribution in [0.5, 0.6) is 0 Å². The van der Waals surface area contributed by atoms with Crippen molar-refractivity contribution in [2.24, 2.45) is 5.92 Å². The number of ether oxygens (including phenoxy) is 3. The van der Waals surface area contributed by atoms with Crippen LogP contribution in [0.25, 0.3) is 0 Å². The van der Waals surface area contributed by atoms with Crippen molar-refractivity contribution in [2.75, 3.05) is 59.1 Å². The Morgan fingerprint density at radius 2 is 1.53 bits per heavy atom. The van der Waals surface area contributed by atoms with Gasteiger partial charge in [-0.2, -0.15) is 0 Å². The van der Waals surface area contributed by atoms with Crippen LogP contribution in [0.3, 0.4) is 0 Å². The van der Waals surface area contributed by atoms with Gasteiger partial charge in [-0.15, -0.1) is 0 Å². The first-order valence-corrected chi connectivity index (χ1v) is 12.4. The van der Waals surface area contributed by atoms with Crippen LogP contribution < -0.4 is 0 Å². The number of esters is 1. The van der Waals surface area contributed by atoms with E-state index >= 15 is 0 Å². The van der Waals surface area contributed by atoms with E-state index in [1.807, 2.05) is 6.92 Å². The summed E-state index contributed by atoms with van der Waals surface area (Å²) in [5.74, 6) is 0.0523. The van der Waals surface area contributed by atoms with Gasteiger partial charge in [0, 0.05) is 45.3 Å². The molecule has 3 heterocycles. The predicted molar refractivity (Wildman–Crippen MR) is 115 cm³/mol. The van der Waals surface area contributed by atoms with E-state index in [-0.39, 0.29) is 24.3 Å². The van der Waals surface area contributed by atoms with E-state index in [0.29, 0.717) is 12.6 Å². The third kappa shape index (κ3) is 5.74. The van der Waals surface area contributed by atoms with Gasteiger partial charge < -0.3 is 14.2 Å². The molecule has 4 fully saturated rings. The number of carbonyl (C=O) groups excluding carboxylic acids is 1. The smallest absolute Gasteiger partial charge is 0.308 e. The summed E-state index contributed by atoms with van der Waals surface area (Å²) in [6.45, 7) is 10.8. The molecule has 0 N–H and O–H groups in total. The second-order valence-electron chi connectivity index (χ2n) is 9.35. The predicted octanol–water partition coefficient (Wildman–Crippen LogP) is 2.30. The van der Waals surface area contributed by atoms with Crippen LogP contribution in [-0.2, 0) is 19.0 Å². The summed E-state index contributed by atoms with van der Waals surface area (Å²) in [4.78, 5) is 19.8. The minimum Gasteiger partial charge on any atom is -0.466 e. The summed E-state index contributed by atoms with van der Waals surface area (Å²) < 4.78 is 17.5. The van der Waals surface area contributed by atoms with Crippen LogP contribution in [-0.4, -0.2) is 98.3 Å². The Bertz CT molecular complexity index is 521. The lowest BCUT2D eigenvalue weighted by atomic mass is 9.87. The third-order valence-corrected chi connectivity index (χ3v) is 7.43. The molecule has 1 aliphatic carbocycles. The largest absolute Gasteiger partial charge is 0.466 e. The summed E-state index contributed by atoms with van der Waals surface area (Å²) in [5, 5.41) is 0. The average molecular weight is 424 g/mol. The van der Waals surface area contributed by atoms with Crippen LogP contribution in [0.4, 0.5) is 0 Å². The zero-order valence-electron chi connectivity index (χ0n) is 18.8. The van der Waals surface area contributed by atoms with Crippen molar-refractivity contribution in [3.05, 3.63) is 0 Å². The average Bonchev–Trinajstić information content (AvgIpc) is 3.33. The molecule has 0 amide bonds. The Morgan fingerprint density at radius 1 is 0.900 bits per heavy atom. The highest BCUT2D eigenvalue weighted by Gasteiger charge is 2.36. The van der Waals surface area contributed by atoms with E-state index < -0.39 is 0 Å². The van der Waals surface area contributed by atoms with Crippen molar-refractivity contribution < 1.29 is 19.0 Å². The highest BCUT2D eigenvalue weighted by atomic mass is 16.5. The number of piperidine rings is 1. The van der Waals surface area contributed by atoms with Crippen LogP contribution in [0.1, 0.15) is 58.3 Å². The Labute approximate surface area is 182 Å². The molecule has 7 nitrogen and oxygen atoms in total. The normalized spacial score (nSPS) is 31.6. The van der Waals surface area contributed by atoms with Crippen LogP contribution in [0.2, 0.25) is 0 Å². The maximum atomic E-state index is 12.1. The topological polar surface area (TPSA) is 54.5 Å². The third-order valence-electron chi connectivity index (χ3n) is 7.43. The van der Waals surface area contributed by atoms with Gasteiger partial charge in [-0.25, -0.2) is 0 Å². The molecule has 0 bridgehead atoms. The quantitative estimate of drug-likeness (QED) is 0.583. The van der Waals surface area contributed by atoms with Gasteiger partial charge in [-0.05, 0) is 58.3 Å². The van der Waals surface area contributed by atoms with Gasteiger partial charge in [0.15, 0.2) is 6.35 Å². The number of hydrogen-bond donors (Lipinski definition) is 0. The van der Waals surface area contributed by atoms with Crippen molar-refractivity contribution in [1.29, 1.82) is 0 Å². The minimum absolute atomic E-state index is 0.0165. The van der Waals surface area contributed by atoms with Crippen LogP contribution >= 0.6 is 0 Å².